The molecule has 0 radical (unpaired) electrons. The molecule has 0 aromatic rings. The fourth-order valence-electron chi connectivity index (χ4n) is 4.75. The second-order valence-electron chi connectivity index (χ2n) is 10.0. The van der Waals surface area contributed by atoms with E-state index in [2.05, 4.69) is 10.6 Å². The van der Waals surface area contributed by atoms with Gasteiger partial charge in [-0.3, -0.25) is 14.5 Å². The molecule has 3 rings (SSSR count). The maximum absolute atomic E-state index is 13.3. The van der Waals surface area contributed by atoms with Gasteiger partial charge in [-0.1, -0.05) is 0 Å². The molecular weight excluding hydrogens is 418 g/mol. The van der Waals surface area contributed by atoms with E-state index in [0.717, 1.165) is 12.8 Å². The van der Waals surface area contributed by atoms with Crippen molar-refractivity contribution in [3.8, 4) is 0 Å². The lowest BCUT2D eigenvalue weighted by atomic mass is 9.78. The highest BCUT2D eigenvalue weighted by molar-refractivity contribution is 5.91. The Labute approximate surface area is 188 Å². The van der Waals surface area contributed by atoms with Gasteiger partial charge in [0.05, 0.1) is 7.11 Å². The highest BCUT2D eigenvalue weighted by Crippen LogP contribution is 2.43. The van der Waals surface area contributed by atoms with E-state index in [0.29, 0.717) is 39.1 Å². The van der Waals surface area contributed by atoms with Crippen molar-refractivity contribution in [1.29, 1.82) is 0 Å². The van der Waals surface area contributed by atoms with Crippen LogP contribution in [0.4, 0.5) is 4.79 Å². The van der Waals surface area contributed by atoms with Crippen molar-refractivity contribution in [2.75, 3.05) is 33.4 Å². The van der Waals surface area contributed by atoms with Gasteiger partial charge in [0.25, 0.3) is 0 Å². The third-order valence-corrected chi connectivity index (χ3v) is 6.48. The number of rotatable bonds is 5. The van der Waals surface area contributed by atoms with Gasteiger partial charge in [0.2, 0.25) is 11.8 Å². The number of ether oxygens (including phenoxy) is 3. The van der Waals surface area contributed by atoms with Crippen molar-refractivity contribution in [2.45, 2.75) is 70.6 Å². The Bertz CT molecular complexity index is 742. The van der Waals surface area contributed by atoms with Crippen LogP contribution in [0.15, 0.2) is 0 Å². The zero-order chi connectivity index (χ0) is 23.5. The molecule has 0 aromatic heterocycles. The molecule has 2 N–H and O–H groups in total. The molecule has 3 saturated heterocycles. The molecule has 10 heteroatoms. The number of hydrogen-bond acceptors (Lipinski definition) is 7. The van der Waals surface area contributed by atoms with E-state index in [1.165, 1.54) is 12.0 Å². The lowest BCUT2D eigenvalue weighted by Crippen LogP contribution is -2.52. The molecule has 1 spiro atoms. The molecule has 180 valence electrons. The summed E-state index contributed by atoms with van der Waals surface area (Å²) >= 11 is 0. The Morgan fingerprint density at radius 2 is 1.97 bits per heavy atom. The number of esters is 1. The van der Waals surface area contributed by atoms with Gasteiger partial charge in [0.15, 0.2) is 0 Å². The smallest absolute Gasteiger partial charge is 0.410 e. The molecule has 0 aromatic carbocycles. The Kier molecular flexibility index (Phi) is 7.32. The average Bonchev–Trinajstić information content (AvgIpc) is 3.30. The summed E-state index contributed by atoms with van der Waals surface area (Å²) < 4.78 is 15.9. The maximum atomic E-state index is 13.3. The number of nitrogens with zero attached hydrogens (tertiary/aromatic N) is 1. The fraction of sp³-hybridized carbons (Fsp3) is 0.818. The van der Waals surface area contributed by atoms with E-state index >= 15 is 0 Å². The van der Waals surface area contributed by atoms with Gasteiger partial charge in [0.1, 0.15) is 17.7 Å². The third-order valence-electron chi connectivity index (χ3n) is 6.48. The largest absolute Gasteiger partial charge is 0.467 e. The highest BCUT2D eigenvalue weighted by atomic mass is 16.6. The van der Waals surface area contributed by atoms with E-state index < -0.39 is 35.7 Å². The number of likely N-dealkylation sites (tertiary alicyclic amines) is 1. The van der Waals surface area contributed by atoms with Gasteiger partial charge in [-0.2, -0.15) is 0 Å². The lowest BCUT2D eigenvalue weighted by Gasteiger charge is -2.33. The van der Waals surface area contributed by atoms with Crippen molar-refractivity contribution in [3.63, 3.8) is 0 Å². The Morgan fingerprint density at radius 1 is 1.28 bits per heavy atom. The van der Waals surface area contributed by atoms with Crippen molar-refractivity contribution in [3.05, 3.63) is 0 Å². The summed E-state index contributed by atoms with van der Waals surface area (Å²) in [6.07, 6.45) is 2.17. The minimum Gasteiger partial charge on any atom is -0.467 e. The van der Waals surface area contributed by atoms with E-state index in [1.54, 1.807) is 20.8 Å². The Morgan fingerprint density at radius 3 is 2.53 bits per heavy atom. The maximum Gasteiger partial charge on any atom is 0.410 e. The number of methoxy groups -OCH3 is 1. The molecule has 0 aliphatic carbocycles. The molecular formula is C22H35N3O7. The van der Waals surface area contributed by atoms with Crippen LogP contribution < -0.4 is 10.6 Å². The standard InChI is InChI=1S/C22H35N3O7/c1-21(2,3)32-20(29)25-13-22(6-9-31-10-7-22)12-16(25)18(27)24-15(19(28)30-4)11-14-5-8-23-17(14)26/h14-16H,5-13H2,1-4H3,(H,23,26)(H,24,27)/t14-,15-,16?/m0/s1. The molecule has 3 amide bonds. The monoisotopic (exact) mass is 453 g/mol. The summed E-state index contributed by atoms with van der Waals surface area (Å²) in [4.78, 5) is 52.1. The van der Waals surface area contributed by atoms with E-state index in [-0.39, 0.29) is 23.7 Å². The van der Waals surface area contributed by atoms with Crippen LogP contribution in [0.5, 0.6) is 0 Å². The van der Waals surface area contributed by atoms with Crippen LogP contribution in [-0.4, -0.2) is 79.9 Å². The topological polar surface area (TPSA) is 123 Å². The Hall–Kier alpha value is -2.36. The van der Waals surface area contributed by atoms with Crippen LogP contribution in [0.25, 0.3) is 0 Å². The molecule has 3 atom stereocenters. The van der Waals surface area contributed by atoms with E-state index in [1.807, 2.05) is 0 Å². The lowest BCUT2D eigenvalue weighted by molar-refractivity contribution is -0.146. The highest BCUT2D eigenvalue weighted by Gasteiger charge is 2.50. The van der Waals surface area contributed by atoms with Crippen LogP contribution in [0.2, 0.25) is 0 Å². The third kappa shape index (κ3) is 5.70. The van der Waals surface area contributed by atoms with Crippen LogP contribution in [0, 0.1) is 11.3 Å². The second-order valence-corrected chi connectivity index (χ2v) is 10.0. The summed E-state index contributed by atoms with van der Waals surface area (Å²) in [6, 6.07) is -1.74. The Balaban J connectivity index is 1.76. The predicted octanol–water partition coefficient (Wildman–Crippen LogP) is 0.977. The van der Waals surface area contributed by atoms with E-state index in [9.17, 15) is 19.2 Å². The number of nitrogens with one attached hydrogen (secondary N) is 2. The molecule has 3 heterocycles. The van der Waals surface area contributed by atoms with Crippen LogP contribution >= 0.6 is 0 Å². The number of carbonyl (C=O) groups excluding carboxylic acids is 4. The normalized spacial score (nSPS) is 25.9. The van der Waals surface area contributed by atoms with Crippen molar-refractivity contribution in [2.24, 2.45) is 11.3 Å². The SMILES string of the molecule is COC(=O)[C@H](C[C@@H]1CCNC1=O)NC(=O)C1CC2(CCOCC2)CN1C(=O)OC(C)(C)C. The summed E-state index contributed by atoms with van der Waals surface area (Å²) in [5, 5.41) is 5.49. The van der Waals surface area contributed by atoms with Gasteiger partial charge in [-0.15, -0.1) is 0 Å². The first-order valence-corrected chi connectivity index (χ1v) is 11.3. The van der Waals surface area contributed by atoms with Gasteiger partial charge in [-0.05, 0) is 58.3 Å². The quantitative estimate of drug-likeness (QED) is 0.595. The molecule has 1 unspecified atom stereocenters. The van der Waals surface area contributed by atoms with E-state index in [4.69, 9.17) is 14.2 Å². The van der Waals surface area contributed by atoms with Crippen molar-refractivity contribution >= 4 is 23.9 Å². The molecule has 3 aliphatic heterocycles. The first-order valence-electron chi connectivity index (χ1n) is 11.3. The number of amides is 3. The zero-order valence-electron chi connectivity index (χ0n) is 19.4. The molecule has 10 nitrogen and oxygen atoms in total. The van der Waals surface area contributed by atoms with Crippen LogP contribution in [0.3, 0.4) is 0 Å². The zero-order valence-corrected chi connectivity index (χ0v) is 19.4. The van der Waals surface area contributed by atoms with Gasteiger partial charge < -0.3 is 24.8 Å². The molecule has 3 fully saturated rings. The molecule has 3 aliphatic rings. The summed E-state index contributed by atoms with van der Waals surface area (Å²) in [5.74, 6) is -1.55. The minimum absolute atomic E-state index is 0.134. The molecule has 0 saturated carbocycles. The predicted molar refractivity (Wildman–Crippen MR) is 114 cm³/mol. The number of hydrogen-bond donors (Lipinski definition) is 2. The van der Waals surface area contributed by atoms with Crippen LogP contribution in [0.1, 0.15) is 52.9 Å². The fourth-order valence-corrected chi connectivity index (χ4v) is 4.75. The summed E-state index contributed by atoms with van der Waals surface area (Å²) in [7, 11) is 1.25. The van der Waals surface area contributed by atoms with Gasteiger partial charge in [-0.25, -0.2) is 9.59 Å². The first kappa shape index (κ1) is 24.3. The second kappa shape index (κ2) is 9.64. The number of carbonyl (C=O) groups is 4. The van der Waals surface area contributed by atoms with Crippen LogP contribution in [-0.2, 0) is 28.6 Å². The average molecular weight is 454 g/mol. The minimum atomic E-state index is -0.965. The summed E-state index contributed by atoms with van der Waals surface area (Å²) in [6.45, 7) is 7.44. The first-order chi connectivity index (χ1) is 15.0. The van der Waals surface area contributed by atoms with Crippen molar-refractivity contribution in [1.82, 2.24) is 15.5 Å². The van der Waals surface area contributed by atoms with Gasteiger partial charge in [0, 0.05) is 32.2 Å². The van der Waals surface area contributed by atoms with Crippen molar-refractivity contribution < 1.29 is 33.4 Å². The summed E-state index contributed by atoms with van der Waals surface area (Å²) in [5.41, 5.74) is -0.919. The van der Waals surface area contributed by atoms with Gasteiger partial charge >= 0.3 is 12.1 Å². The molecule has 0 bridgehead atoms. The molecule has 32 heavy (non-hydrogen) atoms.